The van der Waals surface area contributed by atoms with E-state index in [0.29, 0.717) is 12.1 Å². The third kappa shape index (κ3) is 3.00. The van der Waals surface area contributed by atoms with Crippen molar-refractivity contribution in [2.75, 3.05) is 0 Å². The third-order valence-corrected chi connectivity index (χ3v) is 3.93. The predicted molar refractivity (Wildman–Crippen MR) is 87.4 cm³/mol. The van der Waals surface area contributed by atoms with Crippen LogP contribution >= 0.6 is 0 Å². The van der Waals surface area contributed by atoms with E-state index in [1.807, 2.05) is 42.8 Å². The van der Waals surface area contributed by atoms with Crippen LogP contribution in [-0.4, -0.2) is 9.78 Å². The van der Waals surface area contributed by atoms with E-state index in [-0.39, 0.29) is 5.82 Å². The van der Waals surface area contributed by atoms with E-state index >= 15 is 0 Å². The summed E-state index contributed by atoms with van der Waals surface area (Å²) in [4.78, 5) is 0. The SMILES string of the molecule is Cc1nn(Cc2ccc(F)cc2)c(C)c1-c1ccc(C#N)cc1. The molecular weight excluding hydrogens is 289 g/mol. The number of rotatable bonds is 3. The lowest BCUT2D eigenvalue weighted by Crippen LogP contribution is -2.04. The smallest absolute Gasteiger partial charge is 0.123 e. The summed E-state index contributed by atoms with van der Waals surface area (Å²) < 4.78 is 14.9. The highest BCUT2D eigenvalue weighted by molar-refractivity contribution is 5.69. The number of benzene rings is 2. The lowest BCUT2D eigenvalue weighted by Gasteiger charge is -2.06. The average molecular weight is 305 g/mol. The van der Waals surface area contributed by atoms with Crippen LogP contribution in [0.1, 0.15) is 22.5 Å². The Morgan fingerprint density at radius 3 is 2.30 bits per heavy atom. The van der Waals surface area contributed by atoms with E-state index in [9.17, 15) is 4.39 Å². The molecule has 0 N–H and O–H groups in total. The van der Waals surface area contributed by atoms with Gasteiger partial charge in [-0.15, -0.1) is 0 Å². The molecule has 3 aromatic rings. The van der Waals surface area contributed by atoms with Gasteiger partial charge in [-0.05, 0) is 49.2 Å². The van der Waals surface area contributed by atoms with Crippen LogP contribution in [0.2, 0.25) is 0 Å². The van der Waals surface area contributed by atoms with E-state index in [1.165, 1.54) is 12.1 Å². The Labute approximate surface area is 134 Å². The summed E-state index contributed by atoms with van der Waals surface area (Å²) in [5.74, 6) is -0.236. The zero-order chi connectivity index (χ0) is 16.4. The Morgan fingerprint density at radius 2 is 1.70 bits per heavy atom. The second-order valence-corrected chi connectivity index (χ2v) is 5.52. The highest BCUT2D eigenvalue weighted by atomic mass is 19.1. The van der Waals surface area contributed by atoms with E-state index in [0.717, 1.165) is 28.1 Å². The zero-order valence-corrected chi connectivity index (χ0v) is 13.0. The number of halogens is 1. The van der Waals surface area contributed by atoms with Crippen LogP contribution in [0.3, 0.4) is 0 Å². The van der Waals surface area contributed by atoms with Gasteiger partial charge in [0.05, 0.1) is 23.9 Å². The molecule has 0 radical (unpaired) electrons. The molecule has 114 valence electrons. The number of hydrogen-bond donors (Lipinski definition) is 0. The summed E-state index contributed by atoms with van der Waals surface area (Å²) in [7, 11) is 0. The fraction of sp³-hybridized carbons (Fsp3) is 0.158. The first-order valence-electron chi connectivity index (χ1n) is 7.37. The van der Waals surface area contributed by atoms with Crippen molar-refractivity contribution in [3.8, 4) is 17.2 Å². The normalized spacial score (nSPS) is 10.5. The number of nitriles is 1. The van der Waals surface area contributed by atoms with Crippen LogP contribution in [0.15, 0.2) is 48.5 Å². The maximum atomic E-state index is 13.0. The van der Waals surface area contributed by atoms with Crippen molar-refractivity contribution in [1.82, 2.24) is 9.78 Å². The minimum Gasteiger partial charge on any atom is -0.265 e. The fourth-order valence-corrected chi connectivity index (χ4v) is 2.74. The van der Waals surface area contributed by atoms with Gasteiger partial charge in [-0.2, -0.15) is 10.4 Å². The molecular formula is C19H16FN3. The summed E-state index contributed by atoms with van der Waals surface area (Å²) in [5.41, 5.74) is 5.76. The van der Waals surface area contributed by atoms with E-state index in [2.05, 4.69) is 11.2 Å². The van der Waals surface area contributed by atoms with Crippen molar-refractivity contribution < 1.29 is 4.39 Å². The predicted octanol–water partition coefficient (Wildman–Crippen LogP) is 4.23. The van der Waals surface area contributed by atoms with Crippen LogP contribution in [0.4, 0.5) is 4.39 Å². The molecule has 1 aromatic heterocycles. The molecule has 0 bridgehead atoms. The zero-order valence-electron chi connectivity index (χ0n) is 13.0. The first-order chi connectivity index (χ1) is 11.1. The molecule has 0 aliphatic carbocycles. The number of hydrogen-bond acceptors (Lipinski definition) is 2. The second kappa shape index (κ2) is 6.05. The van der Waals surface area contributed by atoms with Gasteiger partial charge in [0.2, 0.25) is 0 Å². The van der Waals surface area contributed by atoms with Gasteiger partial charge in [0.15, 0.2) is 0 Å². The van der Waals surface area contributed by atoms with Crippen molar-refractivity contribution in [3.63, 3.8) is 0 Å². The van der Waals surface area contributed by atoms with Crippen LogP contribution < -0.4 is 0 Å². The second-order valence-electron chi connectivity index (χ2n) is 5.52. The molecule has 0 saturated heterocycles. The Balaban J connectivity index is 1.95. The van der Waals surface area contributed by atoms with Gasteiger partial charge < -0.3 is 0 Å². The number of nitrogens with zero attached hydrogens (tertiary/aromatic N) is 3. The summed E-state index contributed by atoms with van der Waals surface area (Å²) in [6.07, 6.45) is 0. The lowest BCUT2D eigenvalue weighted by molar-refractivity contribution is 0.622. The van der Waals surface area contributed by atoms with Crippen molar-refractivity contribution >= 4 is 0 Å². The topological polar surface area (TPSA) is 41.6 Å². The van der Waals surface area contributed by atoms with Crippen LogP contribution in [0.25, 0.3) is 11.1 Å². The average Bonchev–Trinajstić information content (AvgIpc) is 2.84. The molecule has 23 heavy (non-hydrogen) atoms. The Kier molecular flexibility index (Phi) is 3.94. The number of aryl methyl sites for hydroxylation is 1. The standard InChI is InChI=1S/C19H16FN3/c1-13-19(17-7-3-15(11-21)4-8-17)14(2)23(22-13)12-16-5-9-18(20)10-6-16/h3-10H,12H2,1-2H3. The van der Waals surface area contributed by atoms with Gasteiger partial charge in [-0.3, -0.25) is 4.68 Å². The van der Waals surface area contributed by atoms with Crippen LogP contribution in [0.5, 0.6) is 0 Å². The molecule has 0 aliphatic heterocycles. The molecule has 0 unspecified atom stereocenters. The molecule has 0 amide bonds. The Bertz CT molecular complexity index is 869. The molecule has 0 aliphatic rings. The summed E-state index contributed by atoms with van der Waals surface area (Å²) >= 11 is 0. The molecule has 3 rings (SSSR count). The molecule has 0 saturated carbocycles. The Morgan fingerprint density at radius 1 is 1.04 bits per heavy atom. The third-order valence-electron chi connectivity index (χ3n) is 3.93. The highest BCUT2D eigenvalue weighted by Crippen LogP contribution is 2.27. The molecule has 4 heteroatoms. The molecule has 0 atom stereocenters. The first-order valence-corrected chi connectivity index (χ1v) is 7.37. The largest absolute Gasteiger partial charge is 0.265 e. The lowest BCUT2D eigenvalue weighted by atomic mass is 10.0. The van der Waals surface area contributed by atoms with Gasteiger partial charge in [-0.25, -0.2) is 4.39 Å². The molecule has 3 nitrogen and oxygen atoms in total. The van der Waals surface area contributed by atoms with Crippen molar-refractivity contribution in [3.05, 3.63) is 76.9 Å². The van der Waals surface area contributed by atoms with E-state index in [4.69, 9.17) is 5.26 Å². The Hall–Kier alpha value is -2.93. The quantitative estimate of drug-likeness (QED) is 0.727. The summed E-state index contributed by atoms with van der Waals surface area (Å²) in [6.45, 7) is 4.60. The van der Waals surface area contributed by atoms with Crippen molar-refractivity contribution in [2.24, 2.45) is 0 Å². The minimum atomic E-state index is -0.236. The summed E-state index contributed by atoms with van der Waals surface area (Å²) in [6, 6.07) is 16.1. The monoisotopic (exact) mass is 305 g/mol. The molecule has 0 spiro atoms. The maximum absolute atomic E-state index is 13.0. The van der Waals surface area contributed by atoms with Crippen molar-refractivity contribution in [2.45, 2.75) is 20.4 Å². The van der Waals surface area contributed by atoms with Crippen molar-refractivity contribution in [1.29, 1.82) is 5.26 Å². The van der Waals surface area contributed by atoms with Gasteiger partial charge >= 0.3 is 0 Å². The van der Waals surface area contributed by atoms with Gasteiger partial charge in [0, 0.05) is 11.3 Å². The van der Waals surface area contributed by atoms with E-state index in [1.54, 1.807) is 12.1 Å². The molecule has 0 fully saturated rings. The van der Waals surface area contributed by atoms with Gasteiger partial charge in [0.1, 0.15) is 5.82 Å². The maximum Gasteiger partial charge on any atom is 0.123 e. The summed E-state index contributed by atoms with van der Waals surface area (Å²) in [5, 5.41) is 13.5. The first kappa shape index (κ1) is 15.0. The van der Waals surface area contributed by atoms with Gasteiger partial charge in [0.25, 0.3) is 0 Å². The van der Waals surface area contributed by atoms with E-state index < -0.39 is 0 Å². The van der Waals surface area contributed by atoms with Gasteiger partial charge in [-0.1, -0.05) is 24.3 Å². The fourth-order valence-electron chi connectivity index (χ4n) is 2.74. The van der Waals surface area contributed by atoms with Crippen LogP contribution in [-0.2, 0) is 6.54 Å². The minimum absolute atomic E-state index is 0.236. The molecule has 2 aromatic carbocycles. The highest BCUT2D eigenvalue weighted by Gasteiger charge is 2.13. The molecule has 1 heterocycles. The number of aromatic nitrogens is 2. The van der Waals surface area contributed by atoms with Crippen LogP contribution in [0, 0.1) is 31.0 Å².